The number of nitrogens with one attached hydrogen (secondary N) is 1. The minimum absolute atomic E-state index is 0.195. The lowest BCUT2D eigenvalue weighted by atomic mass is 10.1. The molecular formula is C23H19F3N5O3+. The molecule has 0 bridgehead atoms. The maximum Gasteiger partial charge on any atom is 0.416 e. The van der Waals surface area contributed by atoms with Crippen LogP contribution in [0.25, 0.3) is 33.9 Å². The number of benzene rings is 2. The molecule has 0 aliphatic rings. The van der Waals surface area contributed by atoms with Crippen molar-refractivity contribution in [1.29, 1.82) is 0 Å². The molecule has 0 saturated carbocycles. The second-order valence-corrected chi connectivity index (χ2v) is 7.85. The number of hydrogen-bond acceptors (Lipinski definition) is 3. The minimum Gasteiger partial charge on any atom is -0.497 e. The van der Waals surface area contributed by atoms with Gasteiger partial charge in [0.2, 0.25) is 11.2 Å². The monoisotopic (exact) mass is 470 g/mol. The number of imidazole rings is 2. The summed E-state index contributed by atoms with van der Waals surface area (Å²) in [4.78, 5) is 28.4. The third-order valence-corrected chi connectivity index (χ3v) is 5.86. The van der Waals surface area contributed by atoms with Gasteiger partial charge in [-0.05, 0) is 42.5 Å². The van der Waals surface area contributed by atoms with Crippen LogP contribution in [0.1, 0.15) is 5.56 Å². The highest BCUT2D eigenvalue weighted by Gasteiger charge is 2.33. The van der Waals surface area contributed by atoms with Crippen molar-refractivity contribution in [3.05, 3.63) is 81.1 Å². The maximum atomic E-state index is 13.5. The summed E-state index contributed by atoms with van der Waals surface area (Å²) in [5.41, 5.74) is 0.0367. The van der Waals surface area contributed by atoms with E-state index in [0.29, 0.717) is 22.8 Å². The number of aromatic nitrogens is 5. The molecule has 0 fully saturated rings. The molecule has 174 valence electrons. The van der Waals surface area contributed by atoms with Gasteiger partial charge < -0.3 is 4.74 Å². The van der Waals surface area contributed by atoms with Gasteiger partial charge in [0.1, 0.15) is 23.3 Å². The summed E-state index contributed by atoms with van der Waals surface area (Å²) in [6.07, 6.45) is -2.88. The van der Waals surface area contributed by atoms with E-state index in [1.807, 2.05) is 0 Å². The van der Waals surface area contributed by atoms with Gasteiger partial charge >= 0.3 is 17.6 Å². The lowest BCUT2D eigenvalue weighted by molar-refractivity contribution is -0.479. The van der Waals surface area contributed by atoms with E-state index in [0.717, 1.165) is 16.7 Å². The molecule has 1 N–H and O–H groups in total. The summed E-state index contributed by atoms with van der Waals surface area (Å²) in [7, 11) is 4.42. The van der Waals surface area contributed by atoms with Crippen LogP contribution >= 0.6 is 0 Å². The quantitative estimate of drug-likeness (QED) is 0.412. The standard InChI is InChI=1S/C23H18F3N5O3/c1-28-19-18(20(32)29(2)22(28)33)30-12-17(13-7-9-16(34-3)10-8-13)31(21(30)27-19)15-6-4-5-14(11-15)23(24,25)26/h4-12H,1-3H3/p+1. The lowest BCUT2D eigenvalue weighted by Crippen LogP contribution is -2.39. The Morgan fingerprint density at radius 1 is 1.00 bits per heavy atom. The second kappa shape index (κ2) is 7.37. The number of nitrogens with zero attached hydrogens (tertiary/aromatic N) is 4. The van der Waals surface area contributed by atoms with Gasteiger partial charge in [-0.2, -0.15) is 22.1 Å². The number of fused-ring (bicyclic) bond motifs is 3. The van der Waals surface area contributed by atoms with Crippen molar-refractivity contribution >= 4 is 16.9 Å². The van der Waals surface area contributed by atoms with E-state index >= 15 is 0 Å². The molecule has 3 heterocycles. The van der Waals surface area contributed by atoms with Crippen LogP contribution < -0.4 is 20.4 Å². The third kappa shape index (κ3) is 3.11. The van der Waals surface area contributed by atoms with Crippen LogP contribution in [0, 0.1) is 0 Å². The summed E-state index contributed by atoms with van der Waals surface area (Å²) in [6, 6.07) is 11.9. The van der Waals surface area contributed by atoms with Gasteiger partial charge in [0.25, 0.3) is 5.56 Å². The van der Waals surface area contributed by atoms with Crippen molar-refractivity contribution in [3.63, 3.8) is 0 Å². The van der Waals surface area contributed by atoms with Crippen molar-refractivity contribution in [2.24, 2.45) is 14.1 Å². The predicted octanol–water partition coefficient (Wildman–Crippen LogP) is 2.79. The zero-order valence-electron chi connectivity index (χ0n) is 18.3. The van der Waals surface area contributed by atoms with Crippen LogP contribution in [0.15, 0.2) is 64.3 Å². The zero-order chi connectivity index (χ0) is 24.4. The topological polar surface area (TPSA) is 78.1 Å². The molecule has 11 heteroatoms. The molecule has 34 heavy (non-hydrogen) atoms. The molecule has 2 aromatic carbocycles. The summed E-state index contributed by atoms with van der Waals surface area (Å²) in [6.45, 7) is 0. The van der Waals surface area contributed by atoms with Crippen LogP contribution in [0.4, 0.5) is 13.2 Å². The summed E-state index contributed by atoms with van der Waals surface area (Å²) in [5.74, 6) is 0.937. The van der Waals surface area contributed by atoms with Gasteiger partial charge in [0.05, 0.1) is 12.7 Å². The fourth-order valence-corrected chi connectivity index (χ4v) is 4.09. The van der Waals surface area contributed by atoms with E-state index in [9.17, 15) is 22.8 Å². The van der Waals surface area contributed by atoms with Crippen molar-refractivity contribution in [3.8, 4) is 22.7 Å². The lowest BCUT2D eigenvalue weighted by Gasteiger charge is -2.09. The van der Waals surface area contributed by atoms with E-state index in [-0.39, 0.29) is 16.9 Å². The van der Waals surface area contributed by atoms with Gasteiger partial charge in [-0.1, -0.05) is 6.07 Å². The van der Waals surface area contributed by atoms with Crippen molar-refractivity contribution in [2.75, 3.05) is 7.11 Å². The SMILES string of the molecule is COc1ccc(-c2c[n+]3c4c(=O)n(C)c(=O)n(C)c4[nH]c3n2-c2cccc(C(F)(F)F)c2)cc1. The Hall–Kier alpha value is -4.28. The van der Waals surface area contributed by atoms with Crippen LogP contribution in [0.5, 0.6) is 5.75 Å². The van der Waals surface area contributed by atoms with E-state index in [4.69, 9.17) is 4.74 Å². The van der Waals surface area contributed by atoms with Crippen molar-refractivity contribution in [2.45, 2.75) is 6.18 Å². The average Bonchev–Trinajstić information content (AvgIpc) is 3.37. The number of aryl methyl sites for hydroxylation is 1. The Labute approximate surface area is 189 Å². The number of rotatable bonds is 3. The van der Waals surface area contributed by atoms with Crippen molar-refractivity contribution < 1.29 is 22.3 Å². The van der Waals surface area contributed by atoms with Gasteiger partial charge in [0.15, 0.2) is 0 Å². The molecule has 3 aromatic heterocycles. The normalized spacial score (nSPS) is 12.1. The zero-order valence-corrected chi connectivity index (χ0v) is 18.3. The van der Waals surface area contributed by atoms with Gasteiger partial charge in [-0.25, -0.2) is 9.78 Å². The first-order valence-corrected chi connectivity index (χ1v) is 10.2. The van der Waals surface area contributed by atoms with Crippen LogP contribution in [-0.4, -0.2) is 25.8 Å². The highest BCUT2D eigenvalue weighted by Crippen LogP contribution is 2.32. The highest BCUT2D eigenvalue weighted by atomic mass is 19.4. The molecular weight excluding hydrogens is 451 g/mol. The first-order valence-electron chi connectivity index (χ1n) is 10.2. The van der Waals surface area contributed by atoms with E-state index in [1.54, 1.807) is 45.5 Å². The molecule has 0 saturated heterocycles. The fraction of sp³-hybridized carbons (Fsp3) is 0.174. The largest absolute Gasteiger partial charge is 0.497 e. The van der Waals surface area contributed by atoms with Crippen LogP contribution in [-0.2, 0) is 20.3 Å². The minimum atomic E-state index is -4.53. The van der Waals surface area contributed by atoms with E-state index < -0.39 is 23.0 Å². The molecule has 0 atom stereocenters. The maximum absolute atomic E-state index is 13.5. The Bertz CT molecular complexity index is 1690. The van der Waals surface area contributed by atoms with Crippen LogP contribution in [0.3, 0.4) is 0 Å². The van der Waals surface area contributed by atoms with Crippen LogP contribution in [0.2, 0.25) is 0 Å². The molecule has 0 radical (unpaired) electrons. The number of alkyl halides is 3. The first-order chi connectivity index (χ1) is 16.1. The summed E-state index contributed by atoms with van der Waals surface area (Å²) >= 11 is 0. The molecule has 0 aliphatic carbocycles. The predicted molar refractivity (Wildman–Crippen MR) is 118 cm³/mol. The average molecular weight is 470 g/mol. The molecule has 0 unspecified atom stereocenters. The summed E-state index contributed by atoms with van der Waals surface area (Å²) < 4.78 is 51.0. The highest BCUT2D eigenvalue weighted by molar-refractivity contribution is 5.72. The van der Waals surface area contributed by atoms with Gasteiger partial charge in [0, 0.05) is 19.7 Å². The molecule has 8 nitrogen and oxygen atoms in total. The molecule has 0 spiro atoms. The fourth-order valence-electron chi connectivity index (χ4n) is 4.09. The number of methoxy groups -OCH3 is 1. The second-order valence-electron chi connectivity index (χ2n) is 7.85. The number of aromatic amines is 1. The Kier molecular flexibility index (Phi) is 4.67. The van der Waals surface area contributed by atoms with Crippen molar-refractivity contribution in [1.82, 2.24) is 18.7 Å². The Morgan fingerprint density at radius 3 is 2.35 bits per heavy atom. The third-order valence-electron chi connectivity index (χ3n) is 5.86. The van der Waals surface area contributed by atoms with Gasteiger partial charge in [-0.3, -0.25) is 13.9 Å². The first kappa shape index (κ1) is 21.6. The smallest absolute Gasteiger partial charge is 0.416 e. The van der Waals surface area contributed by atoms with E-state index in [1.165, 1.54) is 31.8 Å². The molecule has 0 amide bonds. The molecule has 5 aromatic rings. The van der Waals surface area contributed by atoms with E-state index in [2.05, 4.69) is 4.98 Å². The number of H-pyrrole nitrogens is 1. The summed E-state index contributed by atoms with van der Waals surface area (Å²) in [5, 5.41) is 0. The Morgan fingerprint density at radius 2 is 1.71 bits per heavy atom. The number of ether oxygens (including phenoxy) is 1. The number of halogens is 3. The van der Waals surface area contributed by atoms with Gasteiger partial charge in [-0.15, -0.1) is 0 Å². The number of hydrogen-bond donors (Lipinski definition) is 1. The molecule has 0 aliphatic heterocycles. The Balaban J connectivity index is 1.91. The molecule has 5 rings (SSSR count).